The van der Waals surface area contributed by atoms with Gasteiger partial charge in [0.2, 0.25) is 5.91 Å². The third-order valence-electron chi connectivity index (χ3n) is 5.19. The number of nitrogens with zero attached hydrogens (tertiary/aromatic N) is 2. The lowest BCUT2D eigenvalue weighted by atomic mass is 9.85. The van der Waals surface area contributed by atoms with Crippen LogP contribution in [0.15, 0.2) is 0 Å². The van der Waals surface area contributed by atoms with Gasteiger partial charge in [-0.05, 0) is 32.6 Å². The molecule has 1 heterocycles. The summed E-state index contributed by atoms with van der Waals surface area (Å²) in [7, 11) is 0. The average Bonchev–Trinajstić information content (AvgIpc) is 2.95. The van der Waals surface area contributed by atoms with E-state index in [1.807, 2.05) is 18.5 Å². The minimum atomic E-state index is -0.179. The van der Waals surface area contributed by atoms with Crippen molar-refractivity contribution in [2.45, 2.75) is 72.9 Å². The topological polar surface area (TPSA) is 67.2 Å². The fraction of sp³-hybridized carbons (Fsp3) is 0.778. The fourth-order valence-electron chi connectivity index (χ4n) is 3.59. The first-order valence-electron chi connectivity index (χ1n) is 8.70. The summed E-state index contributed by atoms with van der Waals surface area (Å²) in [6.07, 6.45) is 3.35. The van der Waals surface area contributed by atoms with E-state index in [-0.39, 0.29) is 24.0 Å². The second kappa shape index (κ2) is 7.04. The zero-order chi connectivity index (χ0) is 17.2. The highest BCUT2D eigenvalue weighted by molar-refractivity contribution is 5.79. The zero-order valence-corrected chi connectivity index (χ0v) is 15.1. The van der Waals surface area contributed by atoms with E-state index in [2.05, 4.69) is 31.2 Å². The van der Waals surface area contributed by atoms with E-state index in [1.165, 1.54) is 0 Å². The lowest BCUT2D eigenvalue weighted by Gasteiger charge is -2.30. The molecular formula is C18H31N3O2. The number of hydrogen-bond donors (Lipinski definition) is 2. The van der Waals surface area contributed by atoms with Crippen molar-refractivity contribution in [2.75, 3.05) is 6.61 Å². The minimum Gasteiger partial charge on any atom is -0.396 e. The van der Waals surface area contributed by atoms with Gasteiger partial charge in [-0.2, -0.15) is 5.10 Å². The number of aliphatic hydroxyl groups excluding tert-OH is 1. The van der Waals surface area contributed by atoms with Gasteiger partial charge in [0.05, 0.1) is 18.7 Å². The highest BCUT2D eigenvalue weighted by atomic mass is 16.3. The van der Waals surface area contributed by atoms with Gasteiger partial charge in [-0.1, -0.05) is 27.2 Å². The molecule has 1 aliphatic carbocycles. The number of aliphatic hydroxyl groups is 1. The highest BCUT2D eigenvalue weighted by Gasteiger charge is 2.39. The second-order valence-corrected chi connectivity index (χ2v) is 7.73. The number of amides is 1. The highest BCUT2D eigenvalue weighted by Crippen LogP contribution is 2.37. The molecule has 1 aliphatic rings. The number of nitrogens with one attached hydrogen (secondary N) is 1. The number of carbonyl (C=O) groups excluding carboxylic acids is 1. The molecule has 2 rings (SSSR count). The van der Waals surface area contributed by atoms with Crippen LogP contribution in [0.5, 0.6) is 0 Å². The van der Waals surface area contributed by atoms with Gasteiger partial charge in [-0.15, -0.1) is 0 Å². The van der Waals surface area contributed by atoms with Crippen LogP contribution in [0.4, 0.5) is 0 Å². The molecule has 130 valence electrons. The molecule has 1 fully saturated rings. The Hall–Kier alpha value is -1.36. The second-order valence-electron chi connectivity index (χ2n) is 7.73. The smallest absolute Gasteiger partial charge is 0.224 e. The van der Waals surface area contributed by atoms with Gasteiger partial charge in [0.25, 0.3) is 0 Å². The summed E-state index contributed by atoms with van der Waals surface area (Å²) in [5.74, 6) is 0.560. The summed E-state index contributed by atoms with van der Waals surface area (Å²) >= 11 is 0. The Kier molecular flexibility index (Phi) is 5.50. The summed E-state index contributed by atoms with van der Waals surface area (Å²) in [6.45, 7) is 11.4. The summed E-state index contributed by atoms with van der Waals surface area (Å²) in [6, 6.07) is 0.0753. The Bertz CT molecular complexity index is 565. The average molecular weight is 321 g/mol. The minimum absolute atomic E-state index is 0.0341. The van der Waals surface area contributed by atoms with Crippen LogP contribution in [0, 0.1) is 25.2 Å². The van der Waals surface area contributed by atoms with E-state index in [9.17, 15) is 9.90 Å². The van der Waals surface area contributed by atoms with Crippen molar-refractivity contribution in [1.29, 1.82) is 0 Å². The first-order chi connectivity index (χ1) is 10.8. The molecule has 1 aromatic heterocycles. The van der Waals surface area contributed by atoms with Crippen molar-refractivity contribution < 1.29 is 9.90 Å². The molecule has 23 heavy (non-hydrogen) atoms. The van der Waals surface area contributed by atoms with Crippen LogP contribution in [-0.4, -0.2) is 33.4 Å². The van der Waals surface area contributed by atoms with Crippen LogP contribution in [-0.2, 0) is 17.8 Å². The van der Waals surface area contributed by atoms with Crippen LogP contribution in [0.3, 0.4) is 0 Å². The van der Waals surface area contributed by atoms with Crippen molar-refractivity contribution in [1.82, 2.24) is 15.1 Å². The molecule has 2 N–H and O–H groups in total. The van der Waals surface area contributed by atoms with Gasteiger partial charge >= 0.3 is 0 Å². The molecule has 0 aromatic carbocycles. The van der Waals surface area contributed by atoms with Crippen LogP contribution in [0.1, 0.15) is 57.0 Å². The summed E-state index contributed by atoms with van der Waals surface area (Å²) in [5, 5.41) is 17.3. The zero-order valence-electron chi connectivity index (χ0n) is 15.1. The van der Waals surface area contributed by atoms with Crippen molar-refractivity contribution in [3.05, 3.63) is 17.0 Å². The van der Waals surface area contributed by atoms with Crippen LogP contribution in [0.25, 0.3) is 0 Å². The van der Waals surface area contributed by atoms with Crippen LogP contribution < -0.4 is 5.32 Å². The Morgan fingerprint density at radius 2 is 2.17 bits per heavy atom. The third kappa shape index (κ3) is 3.94. The van der Waals surface area contributed by atoms with Crippen molar-refractivity contribution in [3.8, 4) is 0 Å². The van der Waals surface area contributed by atoms with Crippen molar-refractivity contribution in [3.63, 3.8) is 0 Å². The molecule has 1 amide bonds. The predicted octanol–water partition coefficient (Wildman–Crippen LogP) is 2.37. The number of aryl methyl sites for hydroxylation is 1. The van der Waals surface area contributed by atoms with E-state index >= 15 is 0 Å². The van der Waals surface area contributed by atoms with E-state index in [0.29, 0.717) is 12.3 Å². The maximum absolute atomic E-state index is 12.5. The van der Waals surface area contributed by atoms with E-state index in [4.69, 9.17) is 0 Å². The van der Waals surface area contributed by atoms with Gasteiger partial charge in [0, 0.05) is 29.3 Å². The van der Waals surface area contributed by atoms with Crippen LogP contribution in [0.2, 0.25) is 0 Å². The quantitative estimate of drug-likeness (QED) is 0.845. The molecule has 1 aromatic rings. The Morgan fingerprint density at radius 1 is 1.48 bits per heavy atom. The standard InChI is InChI=1S/C18H31N3O2/c1-12(2)10-21-14(4)15(13(3)20-21)9-17(23)19-16-7-6-8-18(16,5)11-22/h12,16,22H,6-11H2,1-5H3,(H,19,23). The molecule has 0 bridgehead atoms. The van der Waals surface area contributed by atoms with E-state index in [0.717, 1.165) is 42.8 Å². The van der Waals surface area contributed by atoms with Gasteiger partial charge in [-0.25, -0.2) is 0 Å². The first-order valence-corrected chi connectivity index (χ1v) is 8.70. The summed E-state index contributed by atoms with van der Waals surface area (Å²) in [4.78, 5) is 12.5. The number of hydrogen-bond acceptors (Lipinski definition) is 3. The Balaban J connectivity index is 2.05. The van der Waals surface area contributed by atoms with Gasteiger partial charge in [0.1, 0.15) is 0 Å². The van der Waals surface area contributed by atoms with Crippen LogP contribution >= 0.6 is 0 Å². The molecule has 0 radical (unpaired) electrons. The molecule has 1 saturated carbocycles. The van der Waals surface area contributed by atoms with Gasteiger partial charge in [-0.3, -0.25) is 9.48 Å². The lowest BCUT2D eigenvalue weighted by molar-refractivity contribution is -0.122. The molecule has 0 spiro atoms. The molecule has 5 heteroatoms. The third-order valence-corrected chi connectivity index (χ3v) is 5.19. The molecule has 5 nitrogen and oxygen atoms in total. The van der Waals surface area contributed by atoms with Crippen molar-refractivity contribution >= 4 is 5.91 Å². The number of rotatable bonds is 6. The molecule has 2 unspecified atom stereocenters. The SMILES string of the molecule is Cc1nn(CC(C)C)c(C)c1CC(=O)NC1CCCC1(C)CO. The maximum atomic E-state index is 12.5. The number of aromatic nitrogens is 2. The Labute approximate surface area is 139 Å². The molecular weight excluding hydrogens is 290 g/mol. The summed E-state index contributed by atoms with van der Waals surface area (Å²) in [5.41, 5.74) is 2.88. The van der Waals surface area contributed by atoms with E-state index in [1.54, 1.807) is 0 Å². The molecule has 0 aliphatic heterocycles. The monoisotopic (exact) mass is 321 g/mol. The lowest BCUT2D eigenvalue weighted by Crippen LogP contribution is -2.45. The fourth-order valence-corrected chi connectivity index (χ4v) is 3.59. The Morgan fingerprint density at radius 3 is 2.78 bits per heavy atom. The number of carbonyl (C=O) groups is 1. The van der Waals surface area contributed by atoms with Crippen molar-refractivity contribution in [2.24, 2.45) is 11.3 Å². The van der Waals surface area contributed by atoms with Gasteiger partial charge in [0.15, 0.2) is 0 Å². The normalized spacial score (nSPS) is 24.4. The van der Waals surface area contributed by atoms with Gasteiger partial charge < -0.3 is 10.4 Å². The first kappa shape index (κ1) is 18.0. The predicted molar refractivity (Wildman–Crippen MR) is 91.2 cm³/mol. The van der Waals surface area contributed by atoms with E-state index < -0.39 is 0 Å². The molecule has 2 atom stereocenters. The largest absolute Gasteiger partial charge is 0.396 e. The summed E-state index contributed by atoms with van der Waals surface area (Å²) < 4.78 is 2.01. The maximum Gasteiger partial charge on any atom is 0.224 e. The molecule has 0 saturated heterocycles.